The lowest BCUT2D eigenvalue weighted by Crippen LogP contribution is -2.41. The maximum atomic E-state index is 11.8. The molecule has 0 saturated carbocycles. The van der Waals surface area contributed by atoms with Crippen molar-refractivity contribution in [1.82, 2.24) is 5.32 Å². The van der Waals surface area contributed by atoms with Gasteiger partial charge in [-0.2, -0.15) is 0 Å². The SMILES string of the molecule is COC(=O)CC[C@H](NC(=O)Cc1ccc(Br)cc1)C(=O)O. The zero-order valence-electron chi connectivity index (χ0n) is 11.5. The van der Waals surface area contributed by atoms with Gasteiger partial charge >= 0.3 is 11.9 Å². The molecule has 1 aromatic rings. The van der Waals surface area contributed by atoms with Gasteiger partial charge in [-0.3, -0.25) is 9.59 Å². The number of carboxylic acid groups (broad SMARTS) is 1. The van der Waals surface area contributed by atoms with E-state index in [9.17, 15) is 14.4 Å². The Balaban J connectivity index is 2.54. The van der Waals surface area contributed by atoms with Crippen LogP contribution in [0.3, 0.4) is 0 Å². The van der Waals surface area contributed by atoms with Crippen LogP contribution < -0.4 is 5.32 Å². The van der Waals surface area contributed by atoms with Gasteiger partial charge in [0.2, 0.25) is 5.91 Å². The number of hydrogen-bond acceptors (Lipinski definition) is 4. The summed E-state index contributed by atoms with van der Waals surface area (Å²) in [6, 6.07) is 6.04. The van der Waals surface area contributed by atoms with Crippen molar-refractivity contribution in [3.63, 3.8) is 0 Å². The van der Waals surface area contributed by atoms with Crippen LogP contribution in [-0.2, 0) is 25.5 Å². The third-order valence-corrected chi connectivity index (χ3v) is 3.30. The lowest BCUT2D eigenvalue weighted by molar-refractivity contribution is -0.144. The van der Waals surface area contributed by atoms with E-state index in [2.05, 4.69) is 26.0 Å². The molecule has 0 aliphatic heterocycles. The summed E-state index contributed by atoms with van der Waals surface area (Å²) in [4.78, 5) is 33.9. The molecule has 0 aliphatic carbocycles. The van der Waals surface area contributed by atoms with E-state index in [1.807, 2.05) is 0 Å². The largest absolute Gasteiger partial charge is 0.480 e. The average Bonchev–Trinajstić information content (AvgIpc) is 2.45. The Hall–Kier alpha value is -1.89. The smallest absolute Gasteiger partial charge is 0.326 e. The van der Waals surface area contributed by atoms with Crippen molar-refractivity contribution in [1.29, 1.82) is 0 Å². The first-order valence-electron chi connectivity index (χ1n) is 6.25. The molecule has 0 aromatic heterocycles. The molecule has 1 amide bonds. The van der Waals surface area contributed by atoms with Crippen LogP contribution in [-0.4, -0.2) is 36.1 Å². The van der Waals surface area contributed by atoms with Crippen LogP contribution in [0.5, 0.6) is 0 Å². The standard InChI is InChI=1S/C14H16BrNO5/c1-21-13(18)7-6-11(14(19)20)16-12(17)8-9-2-4-10(15)5-3-9/h2-5,11H,6-8H2,1H3,(H,16,17)(H,19,20)/t11-/m0/s1. The van der Waals surface area contributed by atoms with E-state index in [1.54, 1.807) is 24.3 Å². The molecule has 0 aliphatic rings. The molecule has 7 heteroatoms. The first-order chi connectivity index (χ1) is 9.92. The number of halogens is 1. The minimum absolute atomic E-state index is 0.00587. The van der Waals surface area contributed by atoms with Gasteiger partial charge in [0.1, 0.15) is 6.04 Å². The van der Waals surface area contributed by atoms with Gasteiger partial charge in [-0.1, -0.05) is 28.1 Å². The van der Waals surface area contributed by atoms with Gasteiger partial charge in [0, 0.05) is 10.9 Å². The molecule has 0 saturated heterocycles. The molecule has 1 rings (SSSR count). The summed E-state index contributed by atoms with van der Waals surface area (Å²) >= 11 is 3.29. The van der Waals surface area contributed by atoms with Gasteiger partial charge in [0.15, 0.2) is 0 Å². The van der Waals surface area contributed by atoms with Crippen LogP contribution in [0.2, 0.25) is 0 Å². The monoisotopic (exact) mass is 357 g/mol. The predicted octanol–water partition coefficient (Wildman–Crippen LogP) is 1.51. The summed E-state index contributed by atoms with van der Waals surface area (Å²) < 4.78 is 5.34. The molecular weight excluding hydrogens is 342 g/mol. The number of carbonyl (C=O) groups is 3. The van der Waals surface area contributed by atoms with Gasteiger partial charge in [-0.05, 0) is 24.1 Å². The van der Waals surface area contributed by atoms with Crippen molar-refractivity contribution in [3.05, 3.63) is 34.3 Å². The Morgan fingerprint density at radius 3 is 2.43 bits per heavy atom. The lowest BCUT2D eigenvalue weighted by atomic mass is 10.1. The average molecular weight is 358 g/mol. The molecule has 21 heavy (non-hydrogen) atoms. The molecule has 0 fully saturated rings. The summed E-state index contributed by atoms with van der Waals surface area (Å²) in [6.45, 7) is 0. The first-order valence-corrected chi connectivity index (χ1v) is 7.05. The third kappa shape index (κ3) is 6.40. The Bertz CT molecular complexity index is 515. The van der Waals surface area contributed by atoms with Crippen molar-refractivity contribution in [2.45, 2.75) is 25.3 Å². The highest BCUT2D eigenvalue weighted by Gasteiger charge is 2.21. The number of rotatable bonds is 7. The topological polar surface area (TPSA) is 92.7 Å². The molecule has 1 atom stereocenters. The highest BCUT2D eigenvalue weighted by atomic mass is 79.9. The summed E-state index contributed by atoms with van der Waals surface area (Å²) in [5.74, 6) is -2.10. The molecule has 0 spiro atoms. The minimum atomic E-state index is -1.18. The van der Waals surface area contributed by atoms with E-state index in [1.165, 1.54) is 7.11 Å². The number of carboxylic acids is 1. The summed E-state index contributed by atoms with van der Waals surface area (Å²) in [7, 11) is 1.23. The van der Waals surface area contributed by atoms with Crippen LogP contribution in [0.15, 0.2) is 28.7 Å². The number of ether oxygens (including phenoxy) is 1. The van der Waals surface area contributed by atoms with E-state index >= 15 is 0 Å². The summed E-state index contributed by atoms with van der Waals surface area (Å²) in [5, 5.41) is 11.4. The third-order valence-electron chi connectivity index (χ3n) is 2.78. The fourth-order valence-corrected chi connectivity index (χ4v) is 1.92. The van der Waals surface area contributed by atoms with Gasteiger partial charge in [-0.15, -0.1) is 0 Å². The van der Waals surface area contributed by atoms with Crippen LogP contribution in [0.1, 0.15) is 18.4 Å². The fraction of sp³-hybridized carbons (Fsp3) is 0.357. The van der Waals surface area contributed by atoms with Crippen LogP contribution in [0, 0.1) is 0 Å². The van der Waals surface area contributed by atoms with E-state index in [0.29, 0.717) is 0 Å². The number of benzene rings is 1. The molecule has 0 unspecified atom stereocenters. The molecule has 114 valence electrons. The Labute approximate surface area is 130 Å². The van der Waals surface area contributed by atoms with Gasteiger partial charge in [-0.25, -0.2) is 4.79 Å². The molecule has 1 aromatic carbocycles. The number of methoxy groups -OCH3 is 1. The second kappa shape index (κ2) is 8.41. The second-order valence-corrected chi connectivity index (χ2v) is 5.29. The highest BCUT2D eigenvalue weighted by Crippen LogP contribution is 2.11. The van der Waals surface area contributed by atoms with Crippen molar-refractivity contribution in [2.75, 3.05) is 7.11 Å². The fourth-order valence-electron chi connectivity index (χ4n) is 1.65. The highest BCUT2D eigenvalue weighted by molar-refractivity contribution is 9.10. The zero-order valence-corrected chi connectivity index (χ0v) is 13.1. The molecule has 0 radical (unpaired) electrons. The summed E-state index contributed by atoms with van der Waals surface area (Å²) in [5.41, 5.74) is 0.771. The number of esters is 1. The van der Waals surface area contributed by atoms with Crippen molar-refractivity contribution in [3.8, 4) is 0 Å². The molecular formula is C14H16BrNO5. The van der Waals surface area contributed by atoms with Gasteiger partial charge < -0.3 is 15.2 Å². The molecule has 6 nitrogen and oxygen atoms in total. The number of amides is 1. The number of aliphatic carboxylic acids is 1. The lowest BCUT2D eigenvalue weighted by Gasteiger charge is -2.14. The Morgan fingerprint density at radius 2 is 1.90 bits per heavy atom. The van der Waals surface area contributed by atoms with Gasteiger partial charge in [0.05, 0.1) is 13.5 Å². The maximum Gasteiger partial charge on any atom is 0.326 e. The van der Waals surface area contributed by atoms with Gasteiger partial charge in [0.25, 0.3) is 0 Å². The Kier molecular flexibility index (Phi) is 6.87. The van der Waals surface area contributed by atoms with E-state index in [4.69, 9.17) is 5.11 Å². The summed E-state index contributed by atoms with van der Waals surface area (Å²) in [6.07, 6.45) is 0.00932. The first kappa shape index (κ1) is 17.2. The maximum absolute atomic E-state index is 11.8. The number of nitrogens with one attached hydrogen (secondary N) is 1. The van der Waals surface area contributed by atoms with E-state index in [0.717, 1.165) is 10.0 Å². The van der Waals surface area contributed by atoms with Crippen molar-refractivity contribution in [2.24, 2.45) is 0 Å². The van der Waals surface area contributed by atoms with E-state index < -0.39 is 23.9 Å². The minimum Gasteiger partial charge on any atom is -0.480 e. The predicted molar refractivity (Wildman–Crippen MR) is 78.7 cm³/mol. The molecule has 0 heterocycles. The normalized spacial score (nSPS) is 11.5. The molecule has 0 bridgehead atoms. The van der Waals surface area contributed by atoms with E-state index in [-0.39, 0.29) is 19.3 Å². The van der Waals surface area contributed by atoms with Crippen LogP contribution >= 0.6 is 15.9 Å². The van der Waals surface area contributed by atoms with Crippen molar-refractivity contribution >= 4 is 33.8 Å². The Morgan fingerprint density at radius 1 is 1.29 bits per heavy atom. The molecule has 2 N–H and O–H groups in total. The second-order valence-electron chi connectivity index (χ2n) is 4.38. The van der Waals surface area contributed by atoms with Crippen LogP contribution in [0.25, 0.3) is 0 Å². The van der Waals surface area contributed by atoms with Crippen molar-refractivity contribution < 1.29 is 24.2 Å². The zero-order chi connectivity index (χ0) is 15.8. The number of hydrogen-bond donors (Lipinski definition) is 2. The quantitative estimate of drug-likeness (QED) is 0.721. The number of carbonyl (C=O) groups excluding carboxylic acids is 2. The van der Waals surface area contributed by atoms with Crippen LogP contribution in [0.4, 0.5) is 0 Å².